The van der Waals surface area contributed by atoms with Crippen LogP contribution >= 0.6 is 11.8 Å². The van der Waals surface area contributed by atoms with E-state index in [0.29, 0.717) is 5.56 Å². The van der Waals surface area contributed by atoms with Crippen LogP contribution in [0.2, 0.25) is 0 Å². The van der Waals surface area contributed by atoms with Gasteiger partial charge in [0.15, 0.2) is 11.0 Å². The number of thioether (sulfide) groups is 1. The minimum atomic E-state index is -4.32. The number of halogens is 3. The molecule has 21 heavy (non-hydrogen) atoms. The second-order valence-corrected chi connectivity index (χ2v) is 5.99. The number of alkyl halides is 3. The molecule has 0 aliphatic heterocycles. The molecule has 4 nitrogen and oxygen atoms in total. The van der Waals surface area contributed by atoms with Crippen LogP contribution in [0.5, 0.6) is 0 Å². The van der Waals surface area contributed by atoms with E-state index in [1.165, 1.54) is 24.2 Å². The van der Waals surface area contributed by atoms with Crippen molar-refractivity contribution in [2.75, 3.05) is 0 Å². The van der Waals surface area contributed by atoms with E-state index in [1.54, 1.807) is 12.1 Å². The van der Waals surface area contributed by atoms with Crippen molar-refractivity contribution >= 4 is 11.8 Å². The number of pyridine rings is 1. The van der Waals surface area contributed by atoms with Crippen molar-refractivity contribution in [1.82, 2.24) is 19.7 Å². The summed E-state index contributed by atoms with van der Waals surface area (Å²) in [5.74, 6) is 0.209. The zero-order valence-electron chi connectivity index (χ0n) is 11.6. The van der Waals surface area contributed by atoms with Gasteiger partial charge in [0.25, 0.3) is 0 Å². The Hall–Kier alpha value is -1.57. The summed E-state index contributed by atoms with van der Waals surface area (Å²) in [5, 5.41) is 8.30. The second-order valence-electron chi connectivity index (χ2n) is 4.58. The van der Waals surface area contributed by atoms with E-state index in [9.17, 15) is 13.2 Å². The van der Waals surface area contributed by atoms with E-state index >= 15 is 0 Å². The Balaban J connectivity index is 2.41. The molecule has 8 heteroatoms. The molecule has 2 rings (SSSR count). The Morgan fingerprint density at radius 1 is 1.24 bits per heavy atom. The fraction of sp³-hybridized carbons (Fsp3) is 0.462. The van der Waals surface area contributed by atoms with Gasteiger partial charge in [0.05, 0.1) is 0 Å². The quantitative estimate of drug-likeness (QED) is 0.787. The van der Waals surface area contributed by atoms with Crippen LogP contribution in [0.4, 0.5) is 13.2 Å². The molecule has 0 saturated heterocycles. The van der Waals surface area contributed by atoms with Gasteiger partial charge < -0.3 is 0 Å². The minimum Gasteiger partial charge on any atom is -0.293 e. The van der Waals surface area contributed by atoms with Crippen LogP contribution < -0.4 is 0 Å². The second kappa shape index (κ2) is 6.46. The van der Waals surface area contributed by atoms with Crippen molar-refractivity contribution in [1.29, 1.82) is 0 Å². The summed E-state index contributed by atoms with van der Waals surface area (Å²) in [6.45, 7) is 2.83. The van der Waals surface area contributed by atoms with Crippen molar-refractivity contribution in [2.24, 2.45) is 0 Å². The van der Waals surface area contributed by atoms with Gasteiger partial charge in [-0.25, -0.2) is 0 Å². The monoisotopic (exact) mass is 316 g/mol. The molecule has 1 atom stereocenters. The van der Waals surface area contributed by atoms with E-state index in [-0.39, 0.29) is 16.2 Å². The smallest absolute Gasteiger partial charge is 0.293 e. The average Bonchev–Trinajstić information content (AvgIpc) is 2.80. The number of nitrogens with zero attached hydrogens (tertiary/aromatic N) is 4. The fourth-order valence-electron chi connectivity index (χ4n) is 1.68. The molecule has 0 spiro atoms. The summed E-state index contributed by atoms with van der Waals surface area (Å²) in [7, 11) is 0. The number of hydrogen-bond acceptors (Lipinski definition) is 4. The van der Waals surface area contributed by atoms with Crippen LogP contribution in [0, 0.1) is 0 Å². The molecule has 0 N–H and O–H groups in total. The van der Waals surface area contributed by atoms with Gasteiger partial charge in [0.2, 0.25) is 0 Å². The third-order valence-corrected chi connectivity index (χ3v) is 4.12. The predicted molar refractivity (Wildman–Crippen MR) is 74.9 cm³/mol. The van der Waals surface area contributed by atoms with Gasteiger partial charge >= 0.3 is 6.18 Å². The summed E-state index contributed by atoms with van der Waals surface area (Å²) in [5.41, 5.74) is 0.567. The van der Waals surface area contributed by atoms with E-state index < -0.39 is 12.7 Å². The van der Waals surface area contributed by atoms with Gasteiger partial charge in [0, 0.05) is 23.2 Å². The van der Waals surface area contributed by atoms with Crippen LogP contribution in [0.1, 0.15) is 20.3 Å². The Morgan fingerprint density at radius 3 is 2.48 bits per heavy atom. The number of aromatic nitrogens is 4. The van der Waals surface area contributed by atoms with Gasteiger partial charge in [-0.3, -0.25) is 9.55 Å². The normalized spacial score (nSPS) is 13.4. The first-order valence-electron chi connectivity index (χ1n) is 6.47. The highest BCUT2D eigenvalue weighted by Gasteiger charge is 2.31. The maximum atomic E-state index is 12.8. The first-order chi connectivity index (χ1) is 9.90. The molecule has 0 saturated carbocycles. The highest BCUT2D eigenvalue weighted by Crippen LogP contribution is 2.30. The van der Waals surface area contributed by atoms with Crippen molar-refractivity contribution in [3.05, 3.63) is 24.5 Å². The number of hydrogen-bond donors (Lipinski definition) is 0. The van der Waals surface area contributed by atoms with Crippen molar-refractivity contribution < 1.29 is 13.2 Å². The molecule has 2 heterocycles. The molecule has 0 aromatic carbocycles. The lowest BCUT2D eigenvalue weighted by Gasteiger charge is -2.14. The molecule has 0 bridgehead atoms. The summed E-state index contributed by atoms with van der Waals surface area (Å²) in [6, 6.07) is 3.24. The SMILES string of the molecule is CCC(C)Sc1nnc(-c2ccncc2)n1CC(F)(F)F. The van der Waals surface area contributed by atoms with Crippen molar-refractivity contribution in [3.8, 4) is 11.4 Å². The minimum absolute atomic E-state index is 0.173. The topological polar surface area (TPSA) is 43.6 Å². The van der Waals surface area contributed by atoms with Crippen LogP contribution in [0.3, 0.4) is 0 Å². The van der Waals surface area contributed by atoms with Gasteiger partial charge in [-0.2, -0.15) is 13.2 Å². The Kier molecular flexibility index (Phi) is 4.87. The highest BCUT2D eigenvalue weighted by atomic mass is 32.2. The highest BCUT2D eigenvalue weighted by molar-refractivity contribution is 7.99. The molecule has 0 fully saturated rings. The standard InChI is InChI=1S/C13H15F3N4S/c1-3-9(2)21-12-19-18-11(10-4-6-17-7-5-10)20(12)8-13(14,15)16/h4-7,9H,3,8H2,1-2H3. The molecule has 0 radical (unpaired) electrons. The van der Waals surface area contributed by atoms with Gasteiger partial charge in [-0.05, 0) is 18.6 Å². The summed E-state index contributed by atoms with van der Waals surface area (Å²) < 4.78 is 39.6. The van der Waals surface area contributed by atoms with E-state index in [2.05, 4.69) is 15.2 Å². The molecule has 0 aliphatic carbocycles. The maximum absolute atomic E-state index is 12.8. The largest absolute Gasteiger partial charge is 0.406 e. The van der Waals surface area contributed by atoms with Crippen LogP contribution in [-0.4, -0.2) is 31.2 Å². The Morgan fingerprint density at radius 2 is 1.90 bits per heavy atom. The zero-order chi connectivity index (χ0) is 15.5. The van der Waals surface area contributed by atoms with Gasteiger partial charge in [-0.1, -0.05) is 25.6 Å². The molecule has 0 amide bonds. The fourth-order valence-corrected chi connectivity index (χ4v) is 2.57. The molecule has 1 unspecified atom stereocenters. The summed E-state index contributed by atoms with van der Waals surface area (Å²) >= 11 is 1.30. The van der Waals surface area contributed by atoms with Gasteiger partial charge in [0.1, 0.15) is 6.54 Å². The van der Waals surface area contributed by atoms with Crippen LogP contribution in [0.15, 0.2) is 29.7 Å². The lowest BCUT2D eigenvalue weighted by atomic mass is 10.2. The van der Waals surface area contributed by atoms with Crippen molar-refractivity contribution in [3.63, 3.8) is 0 Å². The van der Waals surface area contributed by atoms with E-state index in [0.717, 1.165) is 11.0 Å². The molecule has 2 aromatic heterocycles. The predicted octanol–water partition coefficient (Wildman–Crippen LogP) is 3.79. The summed E-state index contributed by atoms with van der Waals surface area (Å²) in [4.78, 5) is 3.86. The third kappa shape index (κ3) is 4.20. The lowest BCUT2D eigenvalue weighted by molar-refractivity contribution is -0.141. The Bertz CT molecular complexity index is 583. The van der Waals surface area contributed by atoms with Crippen molar-refractivity contribution in [2.45, 2.75) is 43.4 Å². The first-order valence-corrected chi connectivity index (χ1v) is 7.35. The van der Waals surface area contributed by atoms with Crippen LogP contribution in [0.25, 0.3) is 11.4 Å². The average molecular weight is 316 g/mol. The maximum Gasteiger partial charge on any atom is 0.406 e. The van der Waals surface area contributed by atoms with Crippen LogP contribution in [-0.2, 0) is 6.54 Å². The van der Waals surface area contributed by atoms with E-state index in [1.807, 2.05) is 13.8 Å². The molecule has 114 valence electrons. The zero-order valence-corrected chi connectivity index (χ0v) is 12.4. The first kappa shape index (κ1) is 15.8. The molecule has 0 aliphatic rings. The molecular weight excluding hydrogens is 301 g/mol. The molecule has 2 aromatic rings. The number of rotatable bonds is 5. The van der Waals surface area contributed by atoms with E-state index in [4.69, 9.17) is 0 Å². The van der Waals surface area contributed by atoms with Gasteiger partial charge in [-0.15, -0.1) is 10.2 Å². The molecular formula is C13H15F3N4S. The Labute approximate surface area is 124 Å². The lowest BCUT2D eigenvalue weighted by Crippen LogP contribution is -2.19. The summed E-state index contributed by atoms with van der Waals surface area (Å²) in [6.07, 6.45) is -0.449. The third-order valence-electron chi connectivity index (χ3n) is 2.87.